The Balaban J connectivity index is 2.57. The van der Waals surface area contributed by atoms with Crippen LogP contribution in [0.25, 0.3) is 0 Å². The lowest BCUT2D eigenvalue weighted by atomic mass is 10.1. The summed E-state index contributed by atoms with van der Waals surface area (Å²) in [5.74, 6) is 0. The highest BCUT2D eigenvalue weighted by atomic mass is 35.5. The van der Waals surface area contributed by atoms with E-state index in [-0.39, 0.29) is 5.38 Å². The second kappa shape index (κ2) is 5.84. The van der Waals surface area contributed by atoms with Gasteiger partial charge in [0.1, 0.15) is 0 Å². The summed E-state index contributed by atoms with van der Waals surface area (Å²) in [6, 6.07) is 10.0. The Morgan fingerprint density at radius 1 is 1.43 bits per heavy atom. The first-order valence-electron chi connectivity index (χ1n) is 4.57. The van der Waals surface area contributed by atoms with E-state index in [0.29, 0.717) is 6.42 Å². The predicted molar refractivity (Wildman–Crippen MR) is 59.9 cm³/mol. The van der Waals surface area contributed by atoms with Gasteiger partial charge >= 0.3 is 0 Å². The second-order valence-electron chi connectivity index (χ2n) is 3.11. The third-order valence-corrected chi connectivity index (χ3v) is 2.95. The van der Waals surface area contributed by atoms with Crippen molar-refractivity contribution in [3.05, 3.63) is 29.8 Å². The maximum absolute atomic E-state index is 8.40. The van der Waals surface area contributed by atoms with E-state index in [1.165, 1.54) is 0 Å². The molecule has 1 nitrogen and oxygen atoms in total. The maximum Gasteiger partial charge on any atom is 0.0716 e. The number of nitriles is 1. The molecule has 1 aromatic carbocycles. The molecule has 1 aromatic rings. The summed E-state index contributed by atoms with van der Waals surface area (Å²) in [5, 5.41) is 9.43. The lowest BCUT2D eigenvalue weighted by Gasteiger charge is -2.11. The van der Waals surface area contributed by atoms with Gasteiger partial charge in [0.15, 0.2) is 0 Å². The van der Waals surface area contributed by atoms with Crippen LogP contribution in [0.3, 0.4) is 0 Å². The topological polar surface area (TPSA) is 23.8 Å². The molecule has 0 aliphatic carbocycles. The highest BCUT2D eigenvalue weighted by Crippen LogP contribution is 2.24. The molecule has 1 unspecified atom stereocenters. The van der Waals surface area contributed by atoms with Gasteiger partial charge in [-0.2, -0.15) is 5.26 Å². The molecule has 0 aliphatic rings. The van der Waals surface area contributed by atoms with Crippen LogP contribution < -0.4 is 5.19 Å². The number of rotatable bonds is 4. The van der Waals surface area contributed by atoms with Gasteiger partial charge in [-0.1, -0.05) is 29.5 Å². The first-order chi connectivity index (χ1) is 6.75. The Hall–Kier alpha value is -0.783. The summed E-state index contributed by atoms with van der Waals surface area (Å²) in [7, 11) is 3.51. The minimum atomic E-state index is -0.00273. The van der Waals surface area contributed by atoms with Crippen molar-refractivity contribution >= 4 is 27.0 Å². The van der Waals surface area contributed by atoms with Crippen LogP contribution in [0.15, 0.2) is 24.3 Å². The number of unbranched alkanes of at least 4 members (excludes halogenated alkanes) is 1. The number of hydrogen-bond donors (Lipinski definition) is 0. The summed E-state index contributed by atoms with van der Waals surface area (Å²) in [6.45, 7) is 0. The van der Waals surface area contributed by atoms with Crippen molar-refractivity contribution in [1.29, 1.82) is 5.26 Å². The standard InChI is InChI=1S/C11H11ClNSi/c12-10(6-3-4-8-13)9-5-1-2-7-11(9)14/h1-2,5,7,10H,3-4,6H2. The third-order valence-electron chi connectivity index (χ3n) is 2.04. The van der Waals surface area contributed by atoms with E-state index in [2.05, 4.69) is 16.3 Å². The van der Waals surface area contributed by atoms with E-state index in [1.54, 1.807) is 0 Å². The van der Waals surface area contributed by atoms with Gasteiger partial charge in [-0.25, -0.2) is 0 Å². The van der Waals surface area contributed by atoms with Crippen molar-refractivity contribution in [2.45, 2.75) is 24.6 Å². The molecule has 0 heterocycles. The fourth-order valence-electron chi connectivity index (χ4n) is 1.29. The van der Waals surface area contributed by atoms with Crippen LogP contribution >= 0.6 is 11.6 Å². The molecule has 3 heteroatoms. The molecule has 0 N–H and O–H groups in total. The van der Waals surface area contributed by atoms with Gasteiger partial charge in [0, 0.05) is 6.42 Å². The SMILES string of the molecule is N#CCCCC(Cl)c1ccccc1[Si]. The van der Waals surface area contributed by atoms with Crippen molar-refractivity contribution in [3.63, 3.8) is 0 Å². The van der Waals surface area contributed by atoms with E-state index >= 15 is 0 Å². The predicted octanol–water partition coefficient (Wildman–Crippen LogP) is 2.45. The molecule has 1 atom stereocenters. The summed E-state index contributed by atoms with van der Waals surface area (Å²) >= 11 is 6.21. The molecule has 0 aromatic heterocycles. The number of alkyl halides is 1. The molecule has 3 radical (unpaired) electrons. The van der Waals surface area contributed by atoms with Crippen molar-refractivity contribution < 1.29 is 0 Å². The van der Waals surface area contributed by atoms with Gasteiger partial charge in [0.25, 0.3) is 0 Å². The van der Waals surface area contributed by atoms with Gasteiger partial charge in [-0.15, -0.1) is 11.6 Å². The third kappa shape index (κ3) is 3.17. The van der Waals surface area contributed by atoms with Gasteiger partial charge < -0.3 is 0 Å². The summed E-state index contributed by atoms with van der Waals surface area (Å²) in [4.78, 5) is 0. The average molecular weight is 221 g/mol. The molecule has 1 rings (SSSR count). The largest absolute Gasteiger partial charge is 0.198 e. The zero-order valence-electron chi connectivity index (χ0n) is 7.83. The summed E-state index contributed by atoms with van der Waals surface area (Å²) < 4.78 is 0. The van der Waals surface area contributed by atoms with Gasteiger partial charge in [-0.3, -0.25) is 0 Å². The van der Waals surface area contributed by atoms with Crippen molar-refractivity contribution in [2.24, 2.45) is 0 Å². The van der Waals surface area contributed by atoms with Crippen LogP contribution in [0.2, 0.25) is 0 Å². The average Bonchev–Trinajstić information content (AvgIpc) is 2.18. The van der Waals surface area contributed by atoms with Gasteiger partial charge in [-0.05, 0) is 18.4 Å². The Labute approximate surface area is 93.1 Å². The summed E-state index contributed by atoms with van der Waals surface area (Å²) in [6.07, 6.45) is 2.27. The van der Waals surface area contributed by atoms with Crippen LogP contribution in [0.5, 0.6) is 0 Å². The van der Waals surface area contributed by atoms with Crippen LogP contribution in [0, 0.1) is 11.3 Å². The van der Waals surface area contributed by atoms with Crippen molar-refractivity contribution in [3.8, 4) is 6.07 Å². The first kappa shape index (κ1) is 11.3. The smallest absolute Gasteiger partial charge is 0.0716 e. The van der Waals surface area contributed by atoms with Gasteiger partial charge in [0.05, 0.1) is 21.7 Å². The zero-order chi connectivity index (χ0) is 10.4. The summed E-state index contributed by atoms with van der Waals surface area (Å²) in [5.41, 5.74) is 1.10. The lowest BCUT2D eigenvalue weighted by molar-refractivity contribution is 0.735. The number of halogens is 1. The number of nitrogens with zero attached hydrogens (tertiary/aromatic N) is 1. The molecule has 0 saturated carbocycles. The van der Waals surface area contributed by atoms with Crippen LogP contribution in [-0.4, -0.2) is 10.2 Å². The Morgan fingerprint density at radius 2 is 2.14 bits per heavy atom. The molecule has 14 heavy (non-hydrogen) atoms. The van der Waals surface area contributed by atoms with Crippen LogP contribution in [0.1, 0.15) is 30.2 Å². The molecule has 0 bridgehead atoms. The van der Waals surface area contributed by atoms with Crippen LogP contribution in [0.4, 0.5) is 0 Å². The quantitative estimate of drug-likeness (QED) is 0.435. The fourth-order valence-corrected chi connectivity index (χ4v) is 2.08. The Kier molecular flexibility index (Phi) is 4.71. The molecule has 0 saturated heterocycles. The molecule has 0 fully saturated rings. The number of benzene rings is 1. The minimum Gasteiger partial charge on any atom is -0.198 e. The molecular formula is C11H11ClNSi. The Morgan fingerprint density at radius 3 is 2.79 bits per heavy atom. The lowest BCUT2D eigenvalue weighted by Crippen LogP contribution is -2.11. The highest BCUT2D eigenvalue weighted by molar-refractivity contribution is 6.34. The normalized spacial score (nSPS) is 12.1. The molecule has 0 aliphatic heterocycles. The maximum atomic E-state index is 8.40. The molecule has 71 valence electrons. The second-order valence-corrected chi connectivity index (χ2v) is 4.17. The van der Waals surface area contributed by atoms with E-state index < -0.39 is 0 Å². The van der Waals surface area contributed by atoms with E-state index in [0.717, 1.165) is 23.6 Å². The fraction of sp³-hybridized carbons (Fsp3) is 0.364. The zero-order valence-corrected chi connectivity index (χ0v) is 9.59. The minimum absolute atomic E-state index is 0.00273. The van der Waals surface area contributed by atoms with E-state index in [1.807, 2.05) is 24.3 Å². The molecule has 0 spiro atoms. The van der Waals surface area contributed by atoms with Crippen molar-refractivity contribution in [1.82, 2.24) is 0 Å². The monoisotopic (exact) mass is 220 g/mol. The molecule has 0 amide bonds. The van der Waals surface area contributed by atoms with E-state index in [4.69, 9.17) is 16.9 Å². The van der Waals surface area contributed by atoms with E-state index in [9.17, 15) is 0 Å². The first-order valence-corrected chi connectivity index (χ1v) is 5.51. The van der Waals surface area contributed by atoms with Crippen molar-refractivity contribution in [2.75, 3.05) is 0 Å². The van der Waals surface area contributed by atoms with Gasteiger partial charge in [0.2, 0.25) is 0 Å². The van der Waals surface area contributed by atoms with Crippen LogP contribution in [-0.2, 0) is 0 Å². The molecular weight excluding hydrogens is 210 g/mol. The Bertz CT molecular complexity index is 332. The highest BCUT2D eigenvalue weighted by Gasteiger charge is 2.08. The number of hydrogen-bond acceptors (Lipinski definition) is 1.